The standard InChI is InChI=1S/C10H8O4/c11-7-1-5(9-3-13-9)8(12)2-6(7)10-4-14-10/h1-2,9-10H,3-4H2. The van der Waals surface area contributed by atoms with Crippen molar-refractivity contribution in [3.8, 4) is 0 Å². The van der Waals surface area contributed by atoms with Crippen LogP contribution in [0.4, 0.5) is 0 Å². The van der Waals surface area contributed by atoms with Crippen molar-refractivity contribution >= 4 is 11.6 Å². The Morgan fingerprint density at radius 2 is 1.29 bits per heavy atom. The first kappa shape index (κ1) is 8.08. The van der Waals surface area contributed by atoms with Crippen molar-refractivity contribution in [2.45, 2.75) is 12.2 Å². The molecule has 2 unspecified atom stereocenters. The summed E-state index contributed by atoms with van der Waals surface area (Å²) < 4.78 is 9.95. The summed E-state index contributed by atoms with van der Waals surface area (Å²) in [6.45, 7) is 1.10. The highest BCUT2D eigenvalue weighted by Gasteiger charge is 2.38. The number of hydrogen-bond acceptors (Lipinski definition) is 4. The Bertz CT molecular complexity index is 345. The van der Waals surface area contributed by atoms with Gasteiger partial charge in [-0.15, -0.1) is 0 Å². The lowest BCUT2D eigenvalue weighted by molar-refractivity contribution is -0.115. The minimum atomic E-state index is -0.149. The molecule has 2 heterocycles. The number of ether oxygens (including phenoxy) is 2. The minimum Gasteiger partial charge on any atom is -0.368 e. The molecule has 3 rings (SSSR count). The third-order valence-corrected chi connectivity index (χ3v) is 2.50. The van der Waals surface area contributed by atoms with E-state index < -0.39 is 0 Å². The third kappa shape index (κ3) is 1.23. The normalized spacial score (nSPS) is 35.1. The van der Waals surface area contributed by atoms with Gasteiger partial charge in [-0.3, -0.25) is 9.59 Å². The summed E-state index contributed by atoms with van der Waals surface area (Å²) in [5.41, 5.74) is 0.971. The molecule has 72 valence electrons. The molecule has 0 saturated carbocycles. The maximum absolute atomic E-state index is 11.5. The van der Waals surface area contributed by atoms with Gasteiger partial charge in [0.2, 0.25) is 0 Å². The quantitative estimate of drug-likeness (QED) is 0.448. The molecule has 3 aliphatic rings. The highest BCUT2D eigenvalue weighted by Crippen LogP contribution is 2.29. The van der Waals surface area contributed by atoms with E-state index in [9.17, 15) is 9.59 Å². The molecule has 2 aliphatic heterocycles. The summed E-state index contributed by atoms with van der Waals surface area (Å²) >= 11 is 0. The van der Waals surface area contributed by atoms with E-state index in [1.54, 1.807) is 0 Å². The molecule has 0 bridgehead atoms. The highest BCUT2D eigenvalue weighted by atomic mass is 16.6. The van der Waals surface area contributed by atoms with Gasteiger partial charge in [0, 0.05) is 11.1 Å². The van der Waals surface area contributed by atoms with Crippen LogP contribution in [0, 0.1) is 0 Å². The average Bonchev–Trinajstić information content (AvgIpc) is 3.03. The van der Waals surface area contributed by atoms with E-state index in [1.807, 2.05) is 0 Å². The molecule has 2 atom stereocenters. The number of hydrogen-bond donors (Lipinski definition) is 0. The minimum absolute atomic E-state index is 0.113. The second kappa shape index (κ2) is 2.62. The van der Waals surface area contributed by atoms with Gasteiger partial charge in [0.1, 0.15) is 12.2 Å². The molecule has 1 aliphatic carbocycles. The van der Waals surface area contributed by atoms with Crippen molar-refractivity contribution in [2.75, 3.05) is 13.2 Å². The van der Waals surface area contributed by atoms with Gasteiger partial charge in [0.25, 0.3) is 0 Å². The van der Waals surface area contributed by atoms with E-state index in [2.05, 4.69) is 0 Å². The van der Waals surface area contributed by atoms with Gasteiger partial charge >= 0.3 is 0 Å². The van der Waals surface area contributed by atoms with Crippen molar-refractivity contribution in [1.29, 1.82) is 0 Å². The Kier molecular flexibility index (Phi) is 1.51. The fourth-order valence-electron chi connectivity index (χ4n) is 1.55. The molecule has 0 radical (unpaired) electrons. The van der Waals surface area contributed by atoms with Crippen molar-refractivity contribution in [2.24, 2.45) is 0 Å². The van der Waals surface area contributed by atoms with Crippen LogP contribution in [0.25, 0.3) is 0 Å². The van der Waals surface area contributed by atoms with Gasteiger partial charge in [-0.05, 0) is 12.2 Å². The summed E-state index contributed by atoms with van der Waals surface area (Å²) in [6, 6.07) is 0. The Labute approximate surface area is 80.2 Å². The average molecular weight is 192 g/mol. The molecule has 14 heavy (non-hydrogen) atoms. The van der Waals surface area contributed by atoms with Crippen LogP contribution in [0.2, 0.25) is 0 Å². The summed E-state index contributed by atoms with van der Waals surface area (Å²) in [7, 11) is 0. The van der Waals surface area contributed by atoms with Crippen LogP contribution in [0.15, 0.2) is 23.3 Å². The monoisotopic (exact) mass is 192 g/mol. The first-order valence-corrected chi connectivity index (χ1v) is 4.51. The molecule has 4 nitrogen and oxygen atoms in total. The highest BCUT2D eigenvalue weighted by molar-refractivity contribution is 6.21. The Balaban J connectivity index is 1.90. The summed E-state index contributed by atoms with van der Waals surface area (Å²) in [4.78, 5) is 23.1. The first-order valence-electron chi connectivity index (χ1n) is 4.51. The van der Waals surface area contributed by atoms with E-state index in [0.29, 0.717) is 24.4 Å². The van der Waals surface area contributed by atoms with Crippen molar-refractivity contribution in [1.82, 2.24) is 0 Å². The first-order chi connectivity index (χ1) is 6.75. The van der Waals surface area contributed by atoms with E-state index in [4.69, 9.17) is 9.47 Å². The zero-order valence-electron chi connectivity index (χ0n) is 7.36. The van der Waals surface area contributed by atoms with E-state index in [-0.39, 0.29) is 23.8 Å². The van der Waals surface area contributed by atoms with Crippen LogP contribution in [0.3, 0.4) is 0 Å². The predicted molar refractivity (Wildman–Crippen MR) is 45.7 cm³/mol. The van der Waals surface area contributed by atoms with Gasteiger partial charge < -0.3 is 9.47 Å². The second-order valence-corrected chi connectivity index (χ2v) is 3.57. The van der Waals surface area contributed by atoms with E-state index in [1.165, 1.54) is 12.2 Å². The van der Waals surface area contributed by atoms with Crippen LogP contribution in [-0.4, -0.2) is 37.0 Å². The van der Waals surface area contributed by atoms with Crippen molar-refractivity contribution < 1.29 is 19.1 Å². The molecule has 0 aromatic heterocycles. The maximum atomic E-state index is 11.5. The Morgan fingerprint density at radius 3 is 1.57 bits per heavy atom. The number of carbonyl (C=O) groups is 2. The predicted octanol–water partition coefficient (Wildman–Crippen LogP) is -0.211. The Morgan fingerprint density at radius 1 is 0.929 bits per heavy atom. The lowest BCUT2D eigenvalue weighted by Crippen LogP contribution is -2.18. The number of epoxide rings is 2. The summed E-state index contributed by atoms with van der Waals surface area (Å²) in [5.74, 6) is -0.227. The number of carbonyl (C=O) groups excluding carboxylic acids is 2. The molecule has 2 fully saturated rings. The molecule has 0 spiro atoms. The molecule has 4 heteroatoms. The van der Waals surface area contributed by atoms with Crippen LogP contribution < -0.4 is 0 Å². The zero-order chi connectivity index (χ0) is 9.71. The lowest BCUT2D eigenvalue weighted by Gasteiger charge is -2.08. The smallest absolute Gasteiger partial charge is 0.185 e. The molecule has 0 aromatic carbocycles. The maximum Gasteiger partial charge on any atom is 0.185 e. The van der Waals surface area contributed by atoms with Crippen LogP contribution >= 0.6 is 0 Å². The number of ketones is 2. The van der Waals surface area contributed by atoms with Crippen molar-refractivity contribution in [3.05, 3.63) is 23.3 Å². The van der Waals surface area contributed by atoms with Crippen molar-refractivity contribution in [3.63, 3.8) is 0 Å². The second-order valence-electron chi connectivity index (χ2n) is 3.57. The van der Waals surface area contributed by atoms with Gasteiger partial charge in [-0.1, -0.05) is 0 Å². The molecule has 2 saturated heterocycles. The van der Waals surface area contributed by atoms with E-state index >= 15 is 0 Å². The van der Waals surface area contributed by atoms with Gasteiger partial charge in [-0.2, -0.15) is 0 Å². The fourth-order valence-corrected chi connectivity index (χ4v) is 1.55. The third-order valence-electron chi connectivity index (χ3n) is 2.50. The molecule has 0 amide bonds. The van der Waals surface area contributed by atoms with Crippen LogP contribution in [-0.2, 0) is 19.1 Å². The van der Waals surface area contributed by atoms with Crippen LogP contribution in [0.1, 0.15) is 0 Å². The largest absolute Gasteiger partial charge is 0.368 e. The SMILES string of the molecule is O=C1C=C(C2CO2)C(=O)C=C1C1CO1. The van der Waals surface area contributed by atoms with Gasteiger partial charge in [0.05, 0.1) is 13.2 Å². The van der Waals surface area contributed by atoms with E-state index in [0.717, 1.165) is 0 Å². The summed E-state index contributed by atoms with van der Waals surface area (Å²) in [5, 5.41) is 0. The molecule has 0 N–H and O–H groups in total. The molecular formula is C10H8O4. The number of allylic oxidation sites excluding steroid dienone is 2. The topological polar surface area (TPSA) is 59.2 Å². The molecule has 0 aromatic rings. The lowest BCUT2D eigenvalue weighted by atomic mass is 9.94. The van der Waals surface area contributed by atoms with Gasteiger partial charge in [-0.25, -0.2) is 0 Å². The summed E-state index contributed by atoms with van der Waals surface area (Å²) in [6.07, 6.45) is 2.47. The van der Waals surface area contributed by atoms with Crippen LogP contribution in [0.5, 0.6) is 0 Å². The Hall–Kier alpha value is -1.26. The molecular weight excluding hydrogens is 184 g/mol. The fraction of sp³-hybridized carbons (Fsp3) is 0.400. The zero-order valence-corrected chi connectivity index (χ0v) is 7.36. The van der Waals surface area contributed by atoms with Gasteiger partial charge in [0.15, 0.2) is 11.6 Å². The number of rotatable bonds is 2.